The highest BCUT2D eigenvalue weighted by atomic mass is 32.1. The third-order valence-electron chi connectivity index (χ3n) is 3.85. The molecule has 1 N–H and O–H groups in total. The minimum Gasteiger partial charge on any atom is -0.493 e. The van der Waals surface area contributed by atoms with Gasteiger partial charge in [0.25, 0.3) is 0 Å². The number of aromatic hydroxyl groups is 1. The number of aromatic nitrogens is 2. The summed E-state index contributed by atoms with van der Waals surface area (Å²) in [5.41, 5.74) is 0.148. The number of rotatable bonds is 2. The van der Waals surface area contributed by atoms with E-state index in [2.05, 4.69) is 4.85 Å². The lowest BCUT2D eigenvalue weighted by Crippen LogP contribution is -2.07. The number of hydrogen-bond acceptors (Lipinski definition) is 2. The minimum atomic E-state index is -4.69. The minimum absolute atomic E-state index is 0.0260. The summed E-state index contributed by atoms with van der Waals surface area (Å²) in [7, 11) is 0. The molecule has 0 fully saturated rings. The predicted molar refractivity (Wildman–Crippen MR) is 93.6 cm³/mol. The Kier molecular flexibility index (Phi) is 4.34. The molecule has 0 aliphatic rings. The molecule has 1 aromatic heterocycles. The summed E-state index contributed by atoms with van der Waals surface area (Å²) < 4.78 is 42.3. The highest BCUT2D eigenvalue weighted by Gasteiger charge is 2.34. The Morgan fingerprint density at radius 2 is 1.69 bits per heavy atom. The fraction of sp³-hybridized carbons (Fsp3) is 0.111. The molecule has 4 nitrogen and oxygen atoms in total. The van der Waals surface area contributed by atoms with E-state index in [1.807, 2.05) is 19.1 Å². The lowest BCUT2D eigenvalue weighted by molar-refractivity contribution is -0.136. The molecule has 0 radical (unpaired) electrons. The number of aryl methyl sites for hydroxylation is 1. The number of hydrogen-bond donors (Lipinski definition) is 1. The highest BCUT2D eigenvalue weighted by molar-refractivity contribution is 7.71. The number of alkyl halides is 3. The monoisotopic (exact) mass is 375 g/mol. The maximum atomic E-state index is 13.2. The summed E-state index contributed by atoms with van der Waals surface area (Å²) in [5.74, 6) is -0.306. The fourth-order valence-electron chi connectivity index (χ4n) is 2.55. The molecule has 0 saturated carbocycles. The lowest BCUT2D eigenvalue weighted by atomic mass is 10.1. The van der Waals surface area contributed by atoms with Crippen LogP contribution in [0.4, 0.5) is 18.9 Å². The number of halogens is 3. The SMILES string of the molecule is [C-]#[N+]c1ccc(-n2c(O)cn(-c3ccc(C)cc3)c2=S)cc1C(F)(F)F. The highest BCUT2D eigenvalue weighted by Crippen LogP contribution is 2.38. The van der Waals surface area contributed by atoms with Gasteiger partial charge >= 0.3 is 6.18 Å². The average Bonchev–Trinajstić information content (AvgIpc) is 2.89. The van der Waals surface area contributed by atoms with Crippen LogP contribution >= 0.6 is 12.2 Å². The van der Waals surface area contributed by atoms with Crippen LogP contribution < -0.4 is 0 Å². The first-order chi connectivity index (χ1) is 12.2. The van der Waals surface area contributed by atoms with Gasteiger partial charge in [-0.2, -0.15) is 13.2 Å². The first-order valence-electron chi connectivity index (χ1n) is 7.42. The Labute approximate surface area is 152 Å². The van der Waals surface area contributed by atoms with Gasteiger partial charge in [-0.3, -0.25) is 9.13 Å². The molecule has 26 heavy (non-hydrogen) atoms. The number of imidazole rings is 1. The fourth-order valence-corrected chi connectivity index (χ4v) is 2.91. The summed E-state index contributed by atoms with van der Waals surface area (Å²) in [6, 6.07) is 10.5. The van der Waals surface area contributed by atoms with Crippen LogP contribution in [0.2, 0.25) is 0 Å². The molecule has 0 bridgehead atoms. The molecule has 8 heteroatoms. The molecule has 0 amide bonds. The second-order valence-corrected chi connectivity index (χ2v) is 5.99. The Bertz CT molecular complexity index is 1070. The molecule has 0 spiro atoms. The molecule has 132 valence electrons. The predicted octanol–water partition coefficient (Wildman–Crippen LogP) is 5.58. The number of nitrogens with zero attached hydrogens (tertiary/aromatic N) is 3. The summed E-state index contributed by atoms with van der Waals surface area (Å²) >= 11 is 5.33. The molecule has 2 aromatic carbocycles. The molecule has 0 aliphatic carbocycles. The van der Waals surface area contributed by atoms with E-state index in [-0.39, 0.29) is 16.3 Å². The maximum Gasteiger partial charge on any atom is 0.407 e. The van der Waals surface area contributed by atoms with Crippen LogP contribution in [0.1, 0.15) is 11.1 Å². The largest absolute Gasteiger partial charge is 0.493 e. The van der Waals surface area contributed by atoms with E-state index in [0.717, 1.165) is 22.3 Å². The summed E-state index contributed by atoms with van der Waals surface area (Å²) in [6.45, 7) is 8.82. The van der Waals surface area contributed by atoms with Gasteiger partial charge in [0, 0.05) is 11.4 Å². The molecule has 3 aromatic rings. The van der Waals surface area contributed by atoms with E-state index in [1.54, 1.807) is 12.1 Å². The molecule has 1 heterocycles. The Morgan fingerprint density at radius 3 is 2.27 bits per heavy atom. The third-order valence-corrected chi connectivity index (χ3v) is 4.23. The van der Waals surface area contributed by atoms with Gasteiger partial charge in [-0.25, -0.2) is 4.85 Å². The quantitative estimate of drug-likeness (QED) is 0.469. The molecule has 3 rings (SSSR count). The smallest absolute Gasteiger partial charge is 0.407 e. The second kappa shape index (κ2) is 6.35. The first kappa shape index (κ1) is 17.8. The van der Waals surface area contributed by atoms with E-state index in [0.29, 0.717) is 5.69 Å². The summed E-state index contributed by atoms with van der Waals surface area (Å²) in [5, 5.41) is 10.2. The molecule has 0 atom stereocenters. The van der Waals surface area contributed by atoms with Crippen molar-refractivity contribution < 1.29 is 18.3 Å². The van der Waals surface area contributed by atoms with Gasteiger partial charge < -0.3 is 5.11 Å². The van der Waals surface area contributed by atoms with Gasteiger partial charge in [0.2, 0.25) is 5.88 Å². The zero-order chi connectivity index (χ0) is 19.1. The standard InChI is InChI=1S/C18H12F3N3OS/c1-11-3-5-12(6-4-11)23-10-16(25)24(17(23)26)13-7-8-15(22-2)14(9-13)18(19,20)21/h3-10,25H,1H3. The van der Waals surface area contributed by atoms with Gasteiger partial charge in [-0.15, -0.1) is 0 Å². The van der Waals surface area contributed by atoms with Crippen LogP contribution in [0.5, 0.6) is 5.88 Å². The van der Waals surface area contributed by atoms with Crippen molar-refractivity contribution >= 4 is 17.9 Å². The van der Waals surface area contributed by atoms with Crippen LogP contribution in [0.25, 0.3) is 16.2 Å². The zero-order valence-electron chi connectivity index (χ0n) is 13.4. The lowest BCUT2D eigenvalue weighted by Gasteiger charge is -2.12. The van der Waals surface area contributed by atoms with Crippen LogP contribution in [-0.4, -0.2) is 14.2 Å². The molecular weight excluding hydrogens is 363 g/mol. The third kappa shape index (κ3) is 3.09. The van der Waals surface area contributed by atoms with Crippen molar-refractivity contribution in [3.8, 4) is 17.3 Å². The van der Waals surface area contributed by atoms with E-state index in [9.17, 15) is 18.3 Å². The van der Waals surface area contributed by atoms with Crippen molar-refractivity contribution in [2.75, 3.05) is 0 Å². The van der Waals surface area contributed by atoms with Crippen molar-refractivity contribution in [3.05, 3.63) is 76.0 Å². The maximum absolute atomic E-state index is 13.2. The molecular formula is C18H12F3N3OS. The van der Waals surface area contributed by atoms with Crippen molar-refractivity contribution in [1.82, 2.24) is 9.13 Å². The van der Waals surface area contributed by atoms with Crippen molar-refractivity contribution in [2.24, 2.45) is 0 Å². The van der Waals surface area contributed by atoms with Gasteiger partial charge in [-0.1, -0.05) is 23.8 Å². The topological polar surface area (TPSA) is 34.5 Å². The zero-order valence-corrected chi connectivity index (χ0v) is 14.3. The normalized spacial score (nSPS) is 11.3. The molecule has 0 saturated heterocycles. The van der Waals surface area contributed by atoms with E-state index in [1.165, 1.54) is 16.8 Å². The first-order valence-corrected chi connectivity index (χ1v) is 7.82. The average molecular weight is 375 g/mol. The Morgan fingerprint density at radius 1 is 1.08 bits per heavy atom. The van der Waals surface area contributed by atoms with E-state index < -0.39 is 17.4 Å². The van der Waals surface area contributed by atoms with Gasteiger partial charge in [0.1, 0.15) is 0 Å². The van der Waals surface area contributed by atoms with Gasteiger partial charge in [0.05, 0.1) is 18.3 Å². The van der Waals surface area contributed by atoms with Crippen molar-refractivity contribution in [3.63, 3.8) is 0 Å². The molecule has 0 aliphatic heterocycles. The number of benzene rings is 2. The van der Waals surface area contributed by atoms with Crippen LogP contribution in [0.3, 0.4) is 0 Å². The van der Waals surface area contributed by atoms with Crippen LogP contribution in [0, 0.1) is 18.3 Å². The van der Waals surface area contributed by atoms with Crippen LogP contribution in [-0.2, 0) is 6.18 Å². The summed E-state index contributed by atoms with van der Waals surface area (Å²) in [6.07, 6.45) is -3.35. The summed E-state index contributed by atoms with van der Waals surface area (Å²) in [4.78, 5) is 2.90. The molecule has 0 unspecified atom stereocenters. The van der Waals surface area contributed by atoms with Crippen LogP contribution in [0.15, 0.2) is 48.7 Å². The van der Waals surface area contributed by atoms with Gasteiger partial charge in [0.15, 0.2) is 10.5 Å². The van der Waals surface area contributed by atoms with Crippen molar-refractivity contribution in [2.45, 2.75) is 13.1 Å². The van der Waals surface area contributed by atoms with Crippen molar-refractivity contribution in [1.29, 1.82) is 0 Å². The Balaban J connectivity index is 2.19. The van der Waals surface area contributed by atoms with Gasteiger partial charge in [-0.05, 0) is 43.4 Å². The second-order valence-electron chi connectivity index (χ2n) is 5.62. The van der Waals surface area contributed by atoms with E-state index >= 15 is 0 Å². The van der Waals surface area contributed by atoms with E-state index in [4.69, 9.17) is 18.8 Å². The Hall–Kier alpha value is -3.05.